The average molecular weight is 342 g/mol. The quantitative estimate of drug-likeness (QED) is 0.894. The Bertz CT molecular complexity index is 696. The molecule has 6 heteroatoms. The van der Waals surface area contributed by atoms with E-state index in [1.807, 2.05) is 17.0 Å². The third kappa shape index (κ3) is 2.31. The van der Waals surface area contributed by atoms with Gasteiger partial charge in [0.15, 0.2) is 6.17 Å². The van der Waals surface area contributed by atoms with E-state index in [-0.39, 0.29) is 17.5 Å². The molecule has 1 unspecified atom stereocenters. The van der Waals surface area contributed by atoms with Crippen LogP contribution in [0.3, 0.4) is 0 Å². The van der Waals surface area contributed by atoms with Crippen LogP contribution in [0.2, 0.25) is 0 Å². The molecule has 2 N–H and O–H groups in total. The van der Waals surface area contributed by atoms with Gasteiger partial charge in [-0.3, -0.25) is 24.3 Å². The number of benzene rings is 1. The molecule has 6 nitrogen and oxygen atoms in total. The molecule has 1 aromatic rings. The van der Waals surface area contributed by atoms with E-state index in [0.29, 0.717) is 0 Å². The first-order valence-corrected chi connectivity index (χ1v) is 9.12. The lowest BCUT2D eigenvalue weighted by atomic mass is 9.71. The summed E-state index contributed by atoms with van der Waals surface area (Å²) in [7, 11) is 4.24. The van der Waals surface area contributed by atoms with Gasteiger partial charge >= 0.3 is 0 Å². The minimum absolute atomic E-state index is 0.0000157. The molecule has 0 radical (unpaired) electrons. The van der Waals surface area contributed by atoms with Crippen LogP contribution in [0.4, 0.5) is 5.69 Å². The molecule has 0 aromatic heterocycles. The summed E-state index contributed by atoms with van der Waals surface area (Å²) in [4.78, 5) is 30.7. The Morgan fingerprint density at radius 1 is 1.20 bits per heavy atom. The second kappa shape index (κ2) is 5.81. The van der Waals surface area contributed by atoms with E-state index in [4.69, 9.17) is 5.73 Å². The third-order valence-corrected chi connectivity index (χ3v) is 6.35. The second-order valence-electron chi connectivity index (χ2n) is 7.71. The van der Waals surface area contributed by atoms with E-state index in [9.17, 15) is 9.59 Å². The van der Waals surface area contributed by atoms with Crippen molar-refractivity contribution in [3.8, 4) is 0 Å². The zero-order chi connectivity index (χ0) is 17.8. The molecule has 4 rings (SSSR count). The Hall–Kier alpha value is -1.92. The van der Waals surface area contributed by atoms with Gasteiger partial charge in [-0.05, 0) is 63.9 Å². The fourth-order valence-corrected chi connectivity index (χ4v) is 4.77. The molecule has 1 aliphatic carbocycles. The minimum Gasteiger partial charge on any atom is -0.367 e. The van der Waals surface area contributed by atoms with Gasteiger partial charge in [-0.25, -0.2) is 0 Å². The van der Waals surface area contributed by atoms with Crippen molar-refractivity contribution in [3.63, 3.8) is 0 Å². The van der Waals surface area contributed by atoms with Crippen LogP contribution >= 0.6 is 0 Å². The number of hydrogen-bond acceptors (Lipinski definition) is 4. The molecular weight excluding hydrogens is 316 g/mol. The van der Waals surface area contributed by atoms with Crippen LogP contribution in [0.15, 0.2) is 24.3 Å². The lowest BCUT2D eigenvalue weighted by Gasteiger charge is -2.48. The highest BCUT2D eigenvalue weighted by Crippen LogP contribution is 2.45. The standard InChI is InChI=1S/C19H26N4O2/c1-21(2)19(10-4-11-19)13-6-8-14(9-7-13)23-17(16(20)24)22-12-3-5-15(22)18(23)25/h6-9,15,17H,3-5,10-12H2,1-2H3,(H2,20,24)/t15-,17?/m0/s1. The average Bonchev–Trinajstić information content (AvgIpc) is 3.08. The maximum Gasteiger partial charge on any atom is 0.255 e. The maximum absolute atomic E-state index is 12.8. The van der Waals surface area contributed by atoms with Crippen molar-refractivity contribution in [2.75, 3.05) is 25.5 Å². The van der Waals surface area contributed by atoms with E-state index < -0.39 is 12.1 Å². The number of amides is 2. The van der Waals surface area contributed by atoms with Crippen molar-refractivity contribution in [1.29, 1.82) is 0 Å². The number of rotatable bonds is 4. The van der Waals surface area contributed by atoms with Crippen LogP contribution in [0.25, 0.3) is 0 Å². The van der Waals surface area contributed by atoms with Gasteiger partial charge < -0.3 is 5.73 Å². The van der Waals surface area contributed by atoms with E-state index in [2.05, 4.69) is 31.1 Å². The van der Waals surface area contributed by atoms with Gasteiger partial charge in [-0.2, -0.15) is 0 Å². The molecule has 2 atom stereocenters. The lowest BCUT2D eigenvalue weighted by Crippen LogP contribution is -2.49. The smallest absolute Gasteiger partial charge is 0.255 e. The molecule has 134 valence electrons. The first-order valence-electron chi connectivity index (χ1n) is 9.12. The highest BCUT2D eigenvalue weighted by atomic mass is 16.2. The number of fused-ring (bicyclic) bond motifs is 1. The van der Waals surface area contributed by atoms with Crippen LogP contribution in [0.5, 0.6) is 0 Å². The summed E-state index contributed by atoms with van der Waals surface area (Å²) in [6.45, 7) is 0.752. The molecule has 3 fully saturated rings. The molecule has 2 amide bonds. The summed E-state index contributed by atoms with van der Waals surface area (Å²) in [6, 6.07) is 7.94. The molecule has 25 heavy (non-hydrogen) atoms. The minimum atomic E-state index is -0.655. The van der Waals surface area contributed by atoms with Crippen molar-refractivity contribution in [3.05, 3.63) is 29.8 Å². The topological polar surface area (TPSA) is 69.9 Å². The molecular formula is C19H26N4O2. The summed E-state index contributed by atoms with van der Waals surface area (Å²) >= 11 is 0. The molecule has 0 spiro atoms. The zero-order valence-corrected chi connectivity index (χ0v) is 14.9. The highest BCUT2D eigenvalue weighted by Gasteiger charge is 2.51. The van der Waals surface area contributed by atoms with Crippen LogP contribution in [0.1, 0.15) is 37.7 Å². The SMILES string of the molecule is CN(C)C1(c2ccc(N3C(=O)[C@@H]4CCCN4C3C(N)=O)cc2)CCC1. The van der Waals surface area contributed by atoms with Gasteiger partial charge in [0.1, 0.15) is 0 Å². The zero-order valence-electron chi connectivity index (χ0n) is 14.9. The maximum atomic E-state index is 12.8. The lowest BCUT2D eigenvalue weighted by molar-refractivity contribution is -0.122. The van der Waals surface area contributed by atoms with E-state index >= 15 is 0 Å². The molecule has 2 aliphatic heterocycles. The number of carbonyl (C=O) groups excluding carboxylic acids is 2. The summed E-state index contributed by atoms with van der Waals surface area (Å²) in [5, 5.41) is 0. The number of anilines is 1. The Morgan fingerprint density at radius 3 is 2.40 bits per heavy atom. The Labute approximate surface area is 148 Å². The second-order valence-corrected chi connectivity index (χ2v) is 7.71. The molecule has 1 aromatic carbocycles. The van der Waals surface area contributed by atoms with Crippen LogP contribution in [-0.4, -0.2) is 54.5 Å². The van der Waals surface area contributed by atoms with E-state index in [1.165, 1.54) is 12.0 Å². The number of carbonyl (C=O) groups is 2. The first-order chi connectivity index (χ1) is 12.0. The van der Waals surface area contributed by atoms with Gasteiger partial charge in [-0.1, -0.05) is 12.1 Å². The number of hydrogen-bond donors (Lipinski definition) is 1. The van der Waals surface area contributed by atoms with Crippen molar-refractivity contribution in [2.24, 2.45) is 5.73 Å². The fourth-order valence-electron chi connectivity index (χ4n) is 4.77. The number of nitrogens with zero attached hydrogens (tertiary/aromatic N) is 3. The van der Waals surface area contributed by atoms with Crippen molar-refractivity contribution in [2.45, 2.75) is 49.9 Å². The van der Waals surface area contributed by atoms with Crippen molar-refractivity contribution in [1.82, 2.24) is 9.80 Å². The Balaban J connectivity index is 1.65. The van der Waals surface area contributed by atoms with Crippen LogP contribution in [-0.2, 0) is 15.1 Å². The normalized spacial score (nSPS) is 28.3. The fraction of sp³-hybridized carbons (Fsp3) is 0.579. The monoisotopic (exact) mass is 342 g/mol. The van der Waals surface area contributed by atoms with Crippen molar-refractivity contribution >= 4 is 17.5 Å². The van der Waals surface area contributed by atoms with Gasteiger partial charge in [0.05, 0.1) is 6.04 Å². The summed E-state index contributed by atoms with van der Waals surface area (Å²) in [5.41, 5.74) is 7.78. The molecule has 2 heterocycles. The molecule has 2 saturated heterocycles. The van der Waals surface area contributed by atoms with Crippen LogP contribution in [0, 0.1) is 0 Å². The van der Waals surface area contributed by atoms with E-state index in [0.717, 1.165) is 37.9 Å². The van der Waals surface area contributed by atoms with Crippen LogP contribution < -0.4 is 10.6 Å². The summed E-state index contributed by atoms with van der Waals surface area (Å²) in [6.07, 6.45) is 4.64. The largest absolute Gasteiger partial charge is 0.367 e. The highest BCUT2D eigenvalue weighted by molar-refractivity contribution is 6.06. The van der Waals surface area contributed by atoms with Gasteiger partial charge in [0, 0.05) is 17.8 Å². The summed E-state index contributed by atoms with van der Waals surface area (Å²) < 4.78 is 0. The summed E-state index contributed by atoms with van der Waals surface area (Å²) in [5.74, 6) is -0.453. The third-order valence-electron chi connectivity index (χ3n) is 6.35. The van der Waals surface area contributed by atoms with Gasteiger partial charge in [0.2, 0.25) is 5.91 Å². The molecule has 3 aliphatic rings. The first kappa shape index (κ1) is 16.5. The molecule has 1 saturated carbocycles. The van der Waals surface area contributed by atoms with Crippen molar-refractivity contribution < 1.29 is 9.59 Å². The van der Waals surface area contributed by atoms with Gasteiger partial charge in [-0.15, -0.1) is 0 Å². The predicted octanol–water partition coefficient (Wildman–Crippen LogP) is 1.25. The van der Waals surface area contributed by atoms with Gasteiger partial charge in [0.25, 0.3) is 5.91 Å². The molecule has 0 bridgehead atoms. The Kier molecular flexibility index (Phi) is 3.85. The number of nitrogens with two attached hydrogens (primary N) is 1. The Morgan fingerprint density at radius 2 is 1.88 bits per heavy atom. The number of primary amides is 1. The predicted molar refractivity (Wildman–Crippen MR) is 95.9 cm³/mol. The van der Waals surface area contributed by atoms with E-state index in [1.54, 1.807) is 4.90 Å².